The van der Waals surface area contributed by atoms with Gasteiger partial charge in [-0.05, 0) is 35.4 Å². The van der Waals surface area contributed by atoms with Crippen molar-refractivity contribution in [1.82, 2.24) is 14.9 Å². The largest absolute Gasteiger partial charge is 0.496 e. The molecule has 0 radical (unpaired) electrons. The topological polar surface area (TPSA) is 56.1 Å². The van der Waals surface area contributed by atoms with Crippen molar-refractivity contribution in [2.45, 2.75) is 18.9 Å². The number of hydrogen-bond acceptors (Lipinski definition) is 3. The van der Waals surface area contributed by atoms with Gasteiger partial charge in [0.15, 0.2) is 0 Å². The number of aromatic nitrogens is 2. The summed E-state index contributed by atoms with van der Waals surface area (Å²) in [5.74, 6) is 0.665. The molecule has 0 aliphatic heterocycles. The molecule has 4 rings (SSSR count). The predicted octanol–water partition coefficient (Wildman–Crippen LogP) is 4.42. The van der Waals surface area contributed by atoms with Crippen molar-refractivity contribution in [1.29, 1.82) is 0 Å². The third kappa shape index (κ3) is 4.06. The van der Waals surface area contributed by atoms with E-state index in [1.807, 2.05) is 55.6 Å². The highest BCUT2D eigenvalue weighted by atomic mass is 16.5. The number of ether oxygens (including phenoxy) is 1. The molecule has 0 unspecified atom stereocenters. The first-order valence-electron chi connectivity index (χ1n) is 10.00. The van der Waals surface area contributed by atoms with E-state index in [4.69, 9.17) is 4.74 Å². The normalized spacial score (nSPS) is 11.9. The molecule has 0 aliphatic carbocycles. The van der Waals surface area contributed by atoms with Crippen LogP contribution >= 0.6 is 0 Å². The molecule has 0 fully saturated rings. The van der Waals surface area contributed by atoms with Gasteiger partial charge >= 0.3 is 0 Å². The molecule has 4 aromatic rings. The van der Waals surface area contributed by atoms with Crippen LogP contribution in [-0.4, -0.2) is 22.6 Å². The van der Waals surface area contributed by atoms with Crippen LogP contribution in [0.25, 0.3) is 10.9 Å². The van der Waals surface area contributed by atoms with Crippen LogP contribution in [0, 0.1) is 0 Å². The fourth-order valence-electron chi connectivity index (χ4n) is 3.95. The Morgan fingerprint density at radius 2 is 1.77 bits per heavy atom. The summed E-state index contributed by atoms with van der Waals surface area (Å²) in [5.41, 5.74) is 4.30. The summed E-state index contributed by atoms with van der Waals surface area (Å²) in [6.45, 7) is 0.482. The van der Waals surface area contributed by atoms with Gasteiger partial charge in [0.05, 0.1) is 7.11 Å². The lowest BCUT2D eigenvalue weighted by Gasteiger charge is -2.20. The van der Waals surface area contributed by atoms with Crippen molar-refractivity contribution in [2.24, 2.45) is 7.05 Å². The number of amides is 1. The van der Waals surface area contributed by atoms with Gasteiger partial charge in [-0.1, -0.05) is 36.4 Å². The van der Waals surface area contributed by atoms with Crippen molar-refractivity contribution in [3.63, 3.8) is 0 Å². The number of aryl methyl sites for hydroxylation is 1. The molecular weight excluding hydrogens is 374 g/mol. The van der Waals surface area contributed by atoms with Gasteiger partial charge in [-0.2, -0.15) is 0 Å². The van der Waals surface area contributed by atoms with Crippen molar-refractivity contribution in [3.05, 3.63) is 95.9 Å². The summed E-state index contributed by atoms with van der Waals surface area (Å²) >= 11 is 0. The number of rotatable bonds is 7. The quantitative estimate of drug-likeness (QED) is 0.500. The number of nitrogens with one attached hydrogen (secondary N) is 1. The summed E-state index contributed by atoms with van der Waals surface area (Å²) in [6.07, 6.45) is 5.92. The van der Waals surface area contributed by atoms with Gasteiger partial charge < -0.3 is 14.6 Å². The number of methoxy groups -OCH3 is 1. The van der Waals surface area contributed by atoms with Crippen LogP contribution in [0.1, 0.15) is 29.0 Å². The van der Waals surface area contributed by atoms with E-state index < -0.39 is 0 Å². The van der Waals surface area contributed by atoms with Gasteiger partial charge in [-0.15, -0.1) is 0 Å². The summed E-state index contributed by atoms with van der Waals surface area (Å²) < 4.78 is 7.75. The lowest BCUT2D eigenvalue weighted by Crippen LogP contribution is -2.25. The molecule has 5 nitrogen and oxygen atoms in total. The minimum Gasteiger partial charge on any atom is -0.496 e. The van der Waals surface area contributed by atoms with Gasteiger partial charge in [-0.25, -0.2) is 0 Å². The minimum absolute atomic E-state index is 0.00403. The van der Waals surface area contributed by atoms with Gasteiger partial charge in [0.25, 0.3) is 0 Å². The lowest BCUT2D eigenvalue weighted by atomic mass is 9.87. The number of pyridine rings is 1. The van der Waals surface area contributed by atoms with E-state index in [0.29, 0.717) is 13.0 Å². The van der Waals surface area contributed by atoms with Crippen LogP contribution in [0.3, 0.4) is 0 Å². The number of carbonyl (C=O) groups excluding carboxylic acids is 1. The Hall–Kier alpha value is -3.60. The standard InChI is InChI=1S/C25H25N3O2/c1-28-17-22(19-7-3-5-9-23(19)28)21(20-8-4-6-10-24(20)30-2)15-25(29)27-16-18-11-13-26-14-12-18/h3-14,17,21H,15-16H2,1-2H3,(H,27,29)/t21-/m0/s1. The zero-order valence-corrected chi connectivity index (χ0v) is 17.2. The van der Waals surface area contributed by atoms with Crippen molar-refractivity contribution < 1.29 is 9.53 Å². The lowest BCUT2D eigenvalue weighted by molar-refractivity contribution is -0.121. The first kappa shape index (κ1) is 19.7. The number of hydrogen-bond donors (Lipinski definition) is 1. The molecule has 0 saturated carbocycles. The number of benzene rings is 2. The molecular formula is C25H25N3O2. The molecule has 5 heteroatoms. The van der Waals surface area contributed by atoms with Crippen molar-refractivity contribution >= 4 is 16.8 Å². The van der Waals surface area contributed by atoms with Crippen LogP contribution in [0.15, 0.2) is 79.3 Å². The number of fused-ring (bicyclic) bond motifs is 1. The molecule has 0 aliphatic rings. The van der Waals surface area contributed by atoms with Crippen molar-refractivity contribution in [2.75, 3.05) is 7.11 Å². The Morgan fingerprint density at radius 3 is 2.57 bits per heavy atom. The van der Waals surface area contributed by atoms with E-state index in [1.165, 1.54) is 0 Å². The van der Waals surface area contributed by atoms with Crippen LogP contribution in [0.5, 0.6) is 5.75 Å². The second kappa shape index (κ2) is 8.82. The maximum Gasteiger partial charge on any atom is 0.221 e. The van der Waals surface area contributed by atoms with Crippen LogP contribution in [0.4, 0.5) is 0 Å². The van der Waals surface area contributed by atoms with E-state index >= 15 is 0 Å². The second-order valence-corrected chi connectivity index (χ2v) is 7.34. The van der Waals surface area contributed by atoms with E-state index in [2.05, 4.69) is 33.2 Å². The molecule has 2 heterocycles. The first-order valence-corrected chi connectivity index (χ1v) is 10.00. The Morgan fingerprint density at radius 1 is 1.03 bits per heavy atom. The smallest absolute Gasteiger partial charge is 0.221 e. The molecule has 1 atom stereocenters. The number of nitrogens with zero attached hydrogens (tertiary/aromatic N) is 2. The zero-order chi connectivity index (χ0) is 20.9. The van der Waals surface area contributed by atoms with Crippen LogP contribution in [0.2, 0.25) is 0 Å². The molecule has 2 aromatic carbocycles. The average molecular weight is 399 g/mol. The van der Waals surface area contributed by atoms with Gasteiger partial charge in [-0.3, -0.25) is 9.78 Å². The highest BCUT2D eigenvalue weighted by Crippen LogP contribution is 2.38. The molecule has 152 valence electrons. The molecule has 0 bridgehead atoms. The van der Waals surface area contributed by atoms with Gasteiger partial charge in [0.1, 0.15) is 5.75 Å². The predicted molar refractivity (Wildman–Crippen MR) is 118 cm³/mol. The summed E-state index contributed by atoms with van der Waals surface area (Å²) in [4.78, 5) is 17.0. The average Bonchev–Trinajstić information content (AvgIpc) is 3.13. The van der Waals surface area contributed by atoms with E-state index in [9.17, 15) is 4.79 Å². The Kier molecular flexibility index (Phi) is 5.80. The number of carbonyl (C=O) groups is 1. The molecule has 0 saturated heterocycles. The summed E-state index contributed by atoms with van der Waals surface area (Å²) in [5, 5.41) is 4.20. The van der Waals surface area contributed by atoms with Gasteiger partial charge in [0.2, 0.25) is 5.91 Å². The Labute approximate surface area is 176 Å². The van der Waals surface area contributed by atoms with Gasteiger partial charge in [0, 0.05) is 61.0 Å². The first-order chi connectivity index (χ1) is 14.7. The second-order valence-electron chi connectivity index (χ2n) is 7.34. The molecule has 30 heavy (non-hydrogen) atoms. The highest BCUT2D eigenvalue weighted by Gasteiger charge is 2.24. The fourth-order valence-corrected chi connectivity index (χ4v) is 3.95. The van der Waals surface area contributed by atoms with Crippen LogP contribution in [-0.2, 0) is 18.4 Å². The Bertz CT molecular complexity index is 1150. The molecule has 1 amide bonds. The minimum atomic E-state index is -0.121. The van der Waals surface area contributed by atoms with Crippen molar-refractivity contribution in [3.8, 4) is 5.75 Å². The maximum atomic E-state index is 12.9. The molecule has 2 aromatic heterocycles. The SMILES string of the molecule is COc1ccccc1[C@H](CC(=O)NCc1ccncc1)c1cn(C)c2ccccc12. The van der Waals surface area contributed by atoms with E-state index in [-0.39, 0.29) is 11.8 Å². The van der Waals surface area contributed by atoms with E-state index in [1.54, 1.807) is 19.5 Å². The summed E-state index contributed by atoms with van der Waals surface area (Å²) in [6, 6.07) is 20.0. The number of para-hydroxylation sites is 2. The third-order valence-corrected chi connectivity index (χ3v) is 5.45. The maximum absolute atomic E-state index is 12.9. The molecule has 1 N–H and O–H groups in total. The Balaban J connectivity index is 1.68. The van der Waals surface area contributed by atoms with E-state index in [0.717, 1.165) is 33.3 Å². The zero-order valence-electron chi connectivity index (χ0n) is 17.2. The fraction of sp³-hybridized carbons (Fsp3) is 0.200. The molecule has 0 spiro atoms. The monoisotopic (exact) mass is 399 g/mol. The van der Waals surface area contributed by atoms with Crippen LogP contribution < -0.4 is 10.1 Å². The highest BCUT2D eigenvalue weighted by molar-refractivity contribution is 5.86. The third-order valence-electron chi connectivity index (χ3n) is 5.45. The summed E-state index contributed by atoms with van der Waals surface area (Å²) in [7, 11) is 3.71.